The normalized spacial score (nSPS) is 13.3. The molecule has 0 bridgehead atoms. The molecule has 118 valence electrons. The Kier molecular flexibility index (Phi) is 4.44. The molecule has 0 radical (unpaired) electrons. The van der Waals surface area contributed by atoms with Crippen LogP contribution in [0.4, 0.5) is 0 Å². The Hall–Kier alpha value is -2.19. The van der Waals surface area contributed by atoms with Gasteiger partial charge in [-0.1, -0.05) is 35.5 Å². The largest absolute Gasteiger partial charge is 0.481 e. The molecule has 2 heterocycles. The Labute approximate surface area is 140 Å². The first-order valence-electron chi connectivity index (χ1n) is 6.71. The molecule has 23 heavy (non-hydrogen) atoms. The number of hydrogen-bond acceptors (Lipinski definition) is 6. The number of aryl methyl sites for hydroxylation is 1. The highest BCUT2D eigenvalue weighted by Crippen LogP contribution is 2.21. The average Bonchev–Trinajstić information content (AvgIpc) is 2.55. The van der Waals surface area contributed by atoms with Crippen molar-refractivity contribution in [3.05, 3.63) is 50.9 Å². The summed E-state index contributed by atoms with van der Waals surface area (Å²) < 4.78 is 1.18. The van der Waals surface area contributed by atoms with E-state index in [-0.39, 0.29) is 18.5 Å². The summed E-state index contributed by atoms with van der Waals surface area (Å²) in [6.07, 6.45) is -0.151. The average molecular weight is 351 g/mol. The minimum atomic E-state index is -0.992. The van der Waals surface area contributed by atoms with Crippen molar-refractivity contribution in [3.63, 3.8) is 0 Å². The summed E-state index contributed by atoms with van der Waals surface area (Å²) in [4.78, 5) is 23.0. The zero-order valence-corrected chi connectivity index (χ0v) is 13.3. The second-order valence-corrected chi connectivity index (χ2v) is 6.16. The van der Waals surface area contributed by atoms with Crippen LogP contribution >= 0.6 is 23.4 Å². The van der Waals surface area contributed by atoms with Gasteiger partial charge in [0.25, 0.3) is 5.56 Å². The summed E-state index contributed by atoms with van der Waals surface area (Å²) in [6, 6.07) is 7.17. The van der Waals surface area contributed by atoms with Gasteiger partial charge in [0.15, 0.2) is 0 Å². The fourth-order valence-electron chi connectivity index (χ4n) is 2.02. The molecule has 0 spiro atoms. The number of aliphatic carboxylic acids is 1. The number of carboxylic acid groups (broad SMARTS) is 1. The van der Waals surface area contributed by atoms with E-state index in [4.69, 9.17) is 16.7 Å². The third kappa shape index (κ3) is 3.43. The standard InChI is InChI=1S/C14H11ClN4O3S/c15-9-3-1-8(2-4-9)11-7-23-14-17-16-10(5-6-12(20)21)13(22)19(14)18-11/h1-4H,5-7H2,(H,20,21). The molecule has 0 aliphatic carbocycles. The summed E-state index contributed by atoms with van der Waals surface area (Å²) in [6.45, 7) is 0. The minimum Gasteiger partial charge on any atom is -0.481 e. The number of benzene rings is 1. The number of thioether (sulfide) groups is 1. The van der Waals surface area contributed by atoms with Crippen molar-refractivity contribution in [1.29, 1.82) is 0 Å². The molecule has 0 saturated carbocycles. The first kappa shape index (κ1) is 15.7. The molecule has 0 amide bonds. The molecule has 2 aromatic rings. The van der Waals surface area contributed by atoms with Crippen LogP contribution < -0.4 is 5.56 Å². The third-order valence-electron chi connectivity index (χ3n) is 3.19. The van der Waals surface area contributed by atoms with Gasteiger partial charge in [-0.25, -0.2) is 0 Å². The van der Waals surface area contributed by atoms with E-state index in [1.807, 2.05) is 12.1 Å². The Bertz CT molecular complexity index is 848. The Morgan fingerprint density at radius 1 is 1.30 bits per heavy atom. The predicted molar refractivity (Wildman–Crippen MR) is 86.4 cm³/mol. The van der Waals surface area contributed by atoms with E-state index in [1.54, 1.807) is 12.1 Å². The lowest BCUT2D eigenvalue weighted by molar-refractivity contribution is -0.136. The molecule has 0 saturated heterocycles. The van der Waals surface area contributed by atoms with Crippen LogP contribution in [0.1, 0.15) is 17.7 Å². The Morgan fingerprint density at radius 3 is 2.74 bits per heavy atom. The van der Waals surface area contributed by atoms with Crippen LogP contribution in [0.2, 0.25) is 5.02 Å². The summed E-state index contributed by atoms with van der Waals surface area (Å²) >= 11 is 7.22. The van der Waals surface area contributed by atoms with Gasteiger partial charge < -0.3 is 5.11 Å². The van der Waals surface area contributed by atoms with Crippen LogP contribution in [-0.4, -0.2) is 37.4 Å². The number of carboxylic acids is 1. The quantitative estimate of drug-likeness (QED) is 0.900. The SMILES string of the molecule is O=C(O)CCc1nnc2n(c1=O)N=C(c1ccc(Cl)cc1)CS2. The Morgan fingerprint density at radius 2 is 2.04 bits per heavy atom. The lowest BCUT2D eigenvalue weighted by Crippen LogP contribution is -2.30. The van der Waals surface area contributed by atoms with Crippen molar-refractivity contribution < 1.29 is 9.90 Å². The van der Waals surface area contributed by atoms with Crippen molar-refractivity contribution >= 4 is 35.0 Å². The number of nitrogens with zero attached hydrogens (tertiary/aromatic N) is 4. The molecule has 0 unspecified atom stereocenters. The van der Waals surface area contributed by atoms with Crippen molar-refractivity contribution in [2.45, 2.75) is 18.0 Å². The number of hydrogen-bond donors (Lipinski definition) is 1. The highest BCUT2D eigenvalue weighted by atomic mass is 35.5. The van der Waals surface area contributed by atoms with Gasteiger partial charge in [0.2, 0.25) is 5.16 Å². The molecular formula is C14H11ClN4O3S. The fraction of sp³-hybridized carbons (Fsp3) is 0.214. The monoisotopic (exact) mass is 350 g/mol. The molecular weight excluding hydrogens is 340 g/mol. The first-order chi connectivity index (χ1) is 11.0. The smallest absolute Gasteiger partial charge is 0.303 e. The van der Waals surface area contributed by atoms with Gasteiger partial charge in [0.05, 0.1) is 12.1 Å². The van der Waals surface area contributed by atoms with Crippen LogP contribution in [0, 0.1) is 0 Å². The number of halogens is 1. The van der Waals surface area contributed by atoms with Gasteiger partial charge in [-0.15, -0.1) is 10.2 Å². The molecule has 0 fully saturated rings. The molecule has 9 heteroatoms. The van der Waals surface area contributed by atoms with Gasteiger partial charge >= 0.3 is 5.97 Å². The van der Waals surface area contributed by atoms with E-state index in [2.05, 4.69) is 15.3 Å². The summed E-state index contributed by atoms with van der Waals surface area (Å²) in [7, 11) is 0. The van der Waals surface area contributed by atoms with E-state index in [0.717, 1.165) is 11.3 Å². The van der Waals surface area contributed by atoms with Gasteiger partial charge in [-0.2, -0.15) is 9.78 Å². The molecule has 1 aliphatic rings. The van der Waals surface area contributed by atoms with E-state index in [9.17, 15) is 9.59 Å². The lowest BCUT2D eigenvalue weighted by atomic mass is 10.1. The van der Waals surface area contributed by atoms with Gasteiger partial charge in [-0.3, -0.25) is 9.59 Å². The Balaban J connectivity index is 1.98. The molecule has 0 atom stereocenters. The summed E-state index contributed by atoms with van der Waals surface area (Å²) in [5.74, 6) is -0.432. The number of fused-ring (bicyclic) bond motifs is 1. The van der Waals surface area contributed by atoms with E-state index in [1.165, 1.54) is 16.4 Å². The van der Waals surface area contributed by atoms with Crippen molar-refractivity contribution in [3.8, 4) is 0 Å². The van der Waals surface area contributed by atoms with Gasteiger partial charge in [0.1, 0.15) is 5.69 Å². The fourth-order valence-corrected chi connectivity index (χ4v) is 2.98. The van der Waals surface area contributed by atoms with Crippen LogP contribution in [-0.2, 0) is 11.2 Å². The van der Waals surface area contributed by atoms with Crippen LogP contribution in [0.5, 0.6) is 0 Å². The second kappa shape index (κ2) is 6.51. The van der Waals surface area contributed by atoms with Crippen molar-refractivity contribution in [2.24, 2.45) is 5.10 Å². The molecule has 1 aromatic heterocycles. The van der Waals surface area contributed by atoms with Crippen LogP contribution in [0.15, 0.2) is 39.3 Å². The summed E-state index contributed by atoms with van der Waals surface area (Å²) in [5, 5.41) is 21.8. The zero-order valence-electron chi connectivity index (χ0n) is 11.8. The molecule has 7 nitrogen and oxygen atoms in total. The van der Waals surface area contributed by atoms with Crippen molar-refractivity contribution in [2.75, 3.05) is 5.75 Å². The van der Waals surface area contributed by atoms with Crippen LogP contribution in [0.25, 0.3) is 0 Å². The number of aromatic nitrogens is 3. The number of carbonyl (C=O) groups is 1. The lowest BCUT2D eigenvalue weighted by Gasteiger charge is -2.15. The van der Waals surface area contributed by atoms with E-state index >= 15 is 0 Å². The van der Waals surface area contributed by atoms with E-state index in [0.29, 0.717) is 15.9 Å². The van der Waals surface area contributed by atoms with Gasteiger partial charge in [0, 0.05) is 17.2 Å². The molecule has 1 aliphatic heterocycles. The maximum Gasteiger partial charge on any atom is 0.303 e. The molecule has 1 aromatic carbocycles. The molecule has 3 rings (SSSR count). The predicted octanol–water partition coefficient (Wildman–Crippen LogP) is 1.67. The van der Waals surface area contributed by atoms with Crippen molar-refractivity contribution in [1.82, 2.24) is 14.9 Å². The van der Waals surface area contributed by atoms with Crippen LogP contribution in [0.3, 0.4) is 0 Å². The second-order valence-electron chi connectivity index (χ2n) is 4.78. The first-order valence-corrected chi connectivity index (χ1v) is 8.08. The highest BCUT2D eigenvalue weighted by Gasteiger charge is 2.19. The topological polar surface area (TPSA) is 97.4 Å². The maximum atomic E-state index is 12.4. The summed E-state index contributed by atoms with van der Waals surface area (Å²) in [5.41, 5.74) is 1.24. The maximum absolute atomic E-state index is 12.4. The minimum absolute atomic E-state index is 0.0257. The number of rotatable bonds is 4. The molecule has 1 N–H and O–H groups in total. The highest BCUT2D eigenvalue weighted by molar-refractivity contribution is 7.99. The third-order valence-corrected chi connectivity index (χ3v) is 4.37. The van der Waals surface area contributed by atoms with Gasteiger partial charge in [-0.05, 0) is 17.7 Å². The van der Waals surface area contributed by atoms with E-state index < -0.39 is 11.5 Å². The zero-order chi connectivity index (χ0) is 16.4.